The molecule has 0 aliphatic carbocycles. The van der Waals surface area contributed by atoms with Crippen LogP contribution >= 0.6 is 34.8 Å². The molecule has 6 nitrogen and oxygen atoms in total. The van der Waals surface area contributed by atoms with Crippen LogP contribution in [0.25, 0.3) is 0 Å². The fourth-order valence-corrected chi connectivity index (χ4v) is 4.43. The fraction of sp³-hybridized carbons (Fsp3) is 0.400. The van der Waals surface area contributed by atoms with Crippen LogP contribution in [0, 0.1) is 0 Å². The Morgan fingerprint density at radius 2 is 1.74 bits per heavy atom. The zero-order valence-corrected chi connectivity index (χ0v) is 21.1. The number of hydrogen-bond acceptors (Lipinski definition) is 5. The van der Waals surface area contributed by atoms with Crippen molar-refractivity contribution in [2.75, 3.05) is 26.3 Å². The van der Waals surface area contributed by atoms with Gasteiger partial charge in [-0.05, 0) is 55.6 Å². The summed E-state index contributed by atoms with van der Waals surface area (Å²) in [6.45, 7) is 3.95. The van der Waals surface area contributed by atoms with E-state index >= 15 is 0 Å². The number of benzene rings is 2. The molecular weight excluding hydrogens is 497 g/mol. The molecule has 1 fully saturated rings. The number of aromatic nitrogens is 2. The molecule has 4 rings (SSSR count). The number of ether oxygens (including phenoxy) is 2. The molecule has 0 unspecified atom stereocenters. The molecule has 3 aromatic rings. The molecule has 1 N–H and O–H groups in total. The highest BCUT2D eigenvalue weighted by atomic mass is 35.5. The third-order valence-corrected chi connectivity index (χ3v) is 6.86. The van der Waals surface area contributed by atoms with E-state index in [2.05, 4.69) is 22.1 Å². The van der Waals surface area contributed by atoms with E-state index in [-0.39, 0.29) is 6.61 Å². The van der Waals surface area contributed by atoms with Crippen LogP contribution in [0.5, 0.6) is 11.5 Å². The maximum Gasteiger partial charge on any atom is 0.121 e. The first kappa shape index (κ1) is 25.1. The van der Waals surface area contributed by atoms with Crippen molar-refractivity contribution in [2.45, 2.75) is 38.0 Å². The summed E-state index contributed by atoms with van der Waals surface area (Å²) in [7, 11) is 0. The Hall–Kier alpha value is -1.96. The van der Waals surface area contributed by atoms with E-state index in [9.17, 15) is 5.11 Å². The van der Waals surface area contributed by atoms with Crippen LogP contribution in [0.3, 0.4) is 0 Å². The van der Waals surface area contributed by atoms with Gasteiger partial charge in [-0.3, -0.25) is 9.58 Å². The monoisotopic (exact) mass is 523 g/mol. The Morgan fingerprint density at radius 1 is 0.941 bits per heavy atom. The SMILES string of the molecule is O[C@@]1(COc2ccc(Cl)c(Cl)c2)CCCN(Cc2ccc(OCCn3cc(Cl)cn3)cc2)CC1. The minimum Gasteiger partial charge on any atom is -0.492 e. The van der Waals surface area contributed by atoms with Gasteiger partial charge in [0.1, 0.15) is 24.7 Å². The average molecular weight is 525 g/mol. The van der Waals surface area contributed by atoms with Crippen molar-refractivity contribution in [3.8, 4) is 11.5 Å². The lowest BCUT2D eigenvalue weighted by molar-refractivity contribution is -0.0168. The van der Waals surface area contributed by atoms with Gasteiger partial charge in [0.05, 0.1) is 33.4 Å². The van der Waals surface area contributed by atoms with E-state index in [4.69, 9.17) is 44.3 Å². The van der Waals surface area contributed by atoms with Crippen LogP contribution in [0.4, 0.5) is 0 Å². The van der Waals surface area contributed by atoms with Crippen LogP contribution in [0.1, 0.15) is 24.8 Å². The second-order valence-electron chi connectivity index (χ2n) is 8.63. The Kier molecular flexibility index (Phi) is 8.61. The van der Waals surface area contributed by atoms with Crippen LogP contribution in [-0.2, 0) is 13.1 Å². The average Bonchev–Trinajstić information content (AvgIpc) is 3.15. The molecule has 2 aromatic carbocycles. The Labute approximate surface area is 214 Å². The van der Waals surface area contributed by atoms with Crippen LogP contribution in [0.2, 0.25) is 15.1 Å². The summed E-state index contributed by atoms with van der Waals surface area (Å²) in [6.07, 6.45) is 5.63. The van der Waals surface area contributed by atoms with Gasteiger partial charge in [0.2, 0.25) is 0 Å². The van der Waals surface area contributed by atoms with Gasteiger partial charge in [0, 0.05) is 25.4 Å². The molecule has 34 heavy (non-hydrogen) atoms. The molecular formula is C25H28Cl3N3O3. The van der Waals surface area contributed by atoms with Gasteiger partial charge in [-0.25, -0.2) is 0 Å². The predicted molar refractivity (Wildman–Crippen MR) is 135 cm³/mol. The summed E-state index contributed by atoms with van der Waals surface area (Å²) in [5, 5.41) is 16.8. The summed E-state index contributed by atoms with van der Waals surface area (Å²) in [4.78, 5) is 2.37. The molecule has 0 radical (unpaired) electrons. The number of halogens is 3. The number of likely N-dealkylation sites (tertiary alicyclic amines) is 1. The first-order valence-corrected chi connectivity index (χ1v) is 12.4. The van der Waals surface area contributed by atoms with Gasteiger partial charge in [0.15, 0.2) is 0 Å². The van der Waals surface area contributed by atoms with Crippen molar-refractivity contribution >= 4 is 34.8 Å². The van der Waals surface area contributed by atoms with E-state index in [0.29, 0.717) is 46.8 Å². The molecule has 0 spiro atoms. The van der Waals surface area contributed by atoms with Crippen molar-refractivity contribution in [3.05, 3.63) is 75.5 Å². The van der Waals surface area contributed by atoms with E-state index in [1.165, 1.54) is 5.56 Å². The fourth-order valence-electron chi connectivity index (χ4n) is 3.99. The van der Waals surface area contributed by atoms with Gasteiger partial charge in [-0.2, -0.15) is 5.10 Å². The summed E-state index contributed by atoms with van der Waals surface area (Å²) in [5.41, 5.74) is 0.348. The van der Waals surface area contributed by atoms with Crippen LogP contribution < -0.4 is 9.47 Å². The second kappa shape index (κ2) is 11.6. The lowest BCUT2D eigenvalue weighted by Gasteiger charge is -2.27. The molecule has 9 heteroatoms. The maximum absolute atomic E-state index is 11.1. The number of aliphatic hydroxyl groups is 1. The van der Waals surface area contributed by atoms with Crippen molar-refractivity contribution in [2.24, 2.45) is 0 Å². The smallest absolute Gasteiger partial charge is 0.121 e. The topological polar surface area (TPSA) is 59.8 Å². The molecule has 1 aliphatic heterocycles. The Balaban J connectivity index is 1.22. The summed E-state index contributed by atoms with van der Waals surface area (Å²) in [6, 6.07) is 13.3. The van der Waals surface area contributed by atoms with E-state index < -0.39 is 5.60 Å². The van der Waals surface area contributed by atoms with Crippen molar-refractivity contribution < 1.29 is 14.6 Å². The Bertz CT molecular complexity index is 1080. The first-order valence-electron chi connectivity index (χ1n) is 11.3. The van der Waals surface area contributed by atoms with Crippen LogP contribution in [0.15, 0.2) is 54.9 Å². The number of hydrogen-bond donors (Lipinski definition) is 1. The van der Waals surface area contributed by atoms with Gasteiger partial charge in [0.25, 0.3) is 0 Å². The highest BCUT2D eigenvalue weighted by Crippen LogP contribution is 2.29. The highest BCUT2D eigenvalue weighted by Gasteiger charge is 2.31. The standard InChI is InChI=1S/C25H28Cl3N3O3/c26-20-15-29-31(17-20)12-13-33-21-4-2-19(3-5-21)16-30-10-1-8-25(32,9-11-30)18-34-22-6-7-23(27)24(28)14-22/h2-7,14-15,17,32H,1,8-13,16,18H2/t25-/m0/s1. The largest absolute Gasteiger partial charge is 0.492 e. The molecule has 1 atom stereocenters. The third-order valence-electron chi connectivity index (χ3n) is 5.93. The van der Waals surface area contributed by atoms with Crippen molar-refractivity contribution in [1.29, 1.82) is 0 Å². The maximum atomic E-state index is 11.1. The van der Waals surface area contributed by atoms with E-state index in [0.717, 1.165) is 31.8 Å². The van der Waals surface area contributed by atoms with Gasteiger partial charge in [-0.1, -0.05) is 46.9 Å². The third kappa shape index (κ3) is 7.27. The van der Waals surface area contributed by atoms with E-state index in [1.807, 2.05) is 12.1 Å². The quantitative estimate of drug-likeness (QED) is 0.388. The molecule has 0 bridgehead atoms. The molecule has 1 aliphatic rings. The zero-order chi connectivity index (χ0) is 24.0. The molecule has 2 heterocycles. The number of nitrogens with zero attached hydrogens (tertiary/aromatic N) is 3. The summed E-state index contributed by atoms with van der Waals surface area (Å²) >= 11 is 17.9. The summed E-state index contributed by atoms with van der Waals surface area (Å²) < 4.78 is 13.4. The molecule has 1 aromatic heterocycles. The number of rotatable bonds is 9. The molecule has 0 saturated carbocycles. The van der Waals surface area contributed by atoms with Crippen molar-refractivity contribution in [1.82, 2.24) is 14.7 Å². The minimum absolute atomic E-state index is 0.232. The second-order valence-corrected chi connectivity index (χ2v) is 9.88. The normalized spacial score (nSPS) is 19.1. The lowest BCUT2D eigenvalue weighted by atomic mass is 9.96. The molecule has 1 saturated heterocycles. The van der Waals surface area contributed by atoms with Crippen molar-refractivity contribution in [3.63, 3.8) is 0 Å². The highest BCUT2D eigenvalue weighted by molar-refractivity contribution is 6.42. The molecule has 182 valence electrons. The van der Waals surface area contributed by atoms with E-state index in [1.54, 1.807) is 35.3 Å². The van der Waals surface area contributed by atoms with Crippen LogP contribution in [-0.4, -0.2) is 51.7 Å². The summed E-state index contributed by atoms with van der Waals surface area (Å²) in [5.74, 6) is 1.44. The predicted octanol–water partition coefficient (Wildman–Crippen LogP) is 5.72. The lowest BCUT2D eigenvalue weighted by Crippen LogP contribution is -2.37. The zero-order valence-electron chi connectivity index (χ0n) is 18.8. The van der Waals surface area contributed by atoms with Gasteiger partial charge < -0.3 is 14.6 Å². The first-order chi connectivity index (χ1) is 16.4. The Morgan fingerprint density at radius 3 is 2.47 bits per heavy atom. The van der Waals surface area contributed by atoms with Gasteiger partial charge >= 0.3 is 0 Å². The van der Waals surface area contributed by atoms with Gasteiger partial charge in [-0.15, -0.1) is 0 Å². The molecule has 0 amide bonds. The minimum atomic E-state index is -0.864.